The summed E-state index contributed by atoms with van der Waals surface area (Å²) in [5, 5.41) is 0. The molecule has 0 saturated heterocycles. The zero-order chi connectivity index (χ0) is 8.91. The van der Waals surface area contributed by atoms with Crippen molar-refractivity contribution in [3.8, 4) is 0 Å². The molecule has 0 bridgehead atoms. The number of carbonyl (C=O) groups is 1. The van der Waals surface area contributed by atoms with Crippen LogP contribution in [0.15, 0.2) is 0 Å². The van der Waals surface area contributed by atoms with Gasteiger partial charge < -0.3 is 0 Å². The number of ether oxygens (including phenoxy) is 1. The summed E-state index contributed by atoms with van der Waals surface area (Å²) in [5.41, 5.74) is 0. The third kappa shape index (κ3) is 7.96. The minimum absolute atomic E-state index is 0.171. The number of halogens is 3. The fourth-order valence-corrected chi connectivity index (χ4v) is 0.897. The molecule has 5 heteroatoms. The van der Waals surface area contributed by atoms with Crippen molar-refractivity contribution >= 4 is 3.98 Å². The van der Waals surface area contributed by atoms with Gasteiger partial charge in [0.15, 0.2) is 0 Å². The van der Waals surface area contributed by atoms with Gasteiger partial charge in [-0.2, -0.15) is 0 Å². The summed E-state index contributed by atoms with van der Waals surface area (Å²) in [6.45, 7) is 0.637. The van der Waals surface area contributed by atoms with Crippen LogP contribution in [0.25, 0.3) is 0 Å². The van der Waals surface area contributed by atoms with Crippen molar-refractivity contribution < 1.29 is 39.5 Å². The van der Waals surface area contributed by atoms with Gasteiger partial charge in [-0.25, -0.2) is 0 Å². The van der Waals surface area contributed by atoms with Crippen molar-refractivity contribution in [1.29, 1.82) is 0 Å². The Labute approximate surface area is 74.6 Å². The van der Waals surface area contributed by atoms with Crippen LogP contribution in [0.5, 0.6) is 0 Å². The molecule has 0 aromatic carbocycles. The van der Waals surface area contributed by atoms with E-state index in [1.807, 2.05) is 0 Å². The molecular formula is C6H10F2IO2-. The second-order valence-corrected chi connectivity index (χ2v) is 4.05. The van der Waals surface area contributed by atoms with Crippen LogP contribution in [0.1, 0.15) is 13.3 Å². The van der Waals surface area contributed by atoms with Crippen molar-refractivity contribution in [1.82, 2.24) is 0 Å². The Bertz CT molecular complexity index is 133. The molecule has 0 fully saturated rings. The Morgan fingerprint density at radius 2 is 2.18 bits per heavy atom. The van der Waals surface area contributed by atoms with Gasteiger partial charge in [0.25, 0.3) is 0 Å². The molecule has 0 spiro atoms. The predicted molar refractivity (Wildman–Crippen MR) is 32.5 cm³/mol. The van der Waals surface area contributed by atoms with Crippen LogP contribution in [0.4, 0.5) is 13.6 Å². The molecule has 68 valence electrons. The summed E-state index contributed by atoms with van der Waals surface area (Å²) in [6, 6.07) is 0. The van der Waals surface area contributed by atoms with Crippen molar-refractivity contribution in [2.45, 2.75) is 19.3 Å². The van der Waals surface area contributed by atoms with Crippen molar-refractivity contribution in [3.63, 3.8) is 0 Å². The molecule has 11 heavy (non-hydrogen) atoms. The number of rotatable bonds is 4. The molecule has 0 amide bonds. The molecule has 0 aliphatic heterocycles. The maximum atomic E-state index is 12.1. The van der Waals surface area contributed by atoms with E-state index in [1.54, 1.807) is 4.93 Å². The molecular weight excluding hydrogens is 269 g/mol. The molecule has 0 aliphatic carbocycles. The van der Waals surface area contributed by atoms with Gasteiger partial charge >= 0.3 is 74.3 Å². The zero-order valence-corrected chi connectivity index (χ0v) is 8.52. The van der Waals surface area contributed by atoms with E-state index in [2.05, 4.69) is 4.74 Å². The van der Waals surface area contributed by atoms with E-state index < -0.39 is 27.1 Å². The number of hydrogen-bond acceptors (Lipinski definition) is 2. The first-order chi connectivity index (χ1) is 4.95. The first kappa shape index (κ1) is 11.1. The summed E-state index contributed by atoms with van der Waals surface area (Å²) in [5.74, 6) is -2.73. The molecule has 0 N–H and O–H groups in total. The van der Waals surface area contributed by atoms with Gasteiger partial charge in [-0.3, -0.25) is 0 Å². The van der Waals surface area contributed by atoms with E-state index >= 15 is 0 Å². The standard InChI is InChI=1S/C6H10F2IO2/c1-6(7,8)3-4-11-5(10)9-2/h3-4H2,1-2H3/q-1. The Morgan fingerprint density at radius 3 is 2.55 bits per heavy atom. The normalized spacial score (nSPS) is 11.6. The monoisotopic (exact) mass is 279 g/mol. The maximum absolute atomic E-state index is 12.1. The summed E-state index contributed by atoms with van der Waals surface area (Å²) in [4.78, 5) is 12.2. The van der Waals surface area contributed by atoms with Crippen LogP contribution in [0, 0.1) is 0 Å². The van der Waals surface area contributed by atoms with Gasteiger partial charge in [-0.15, -0.1) is 0 Å². The van der Waals surface area contributed by atoms with Gasteiger partial charge in [0.1, 0.15) is 0 Å². The molecule has 0 heterocycles. The Balaban J connectivity index is 3.35. The number of carbonyl (C=O) groups excluding carboxylic acids is 1. The number of alkyl halides is 3. The summed E-state index contributed by atoms with van der Waals surface area (Å²) < 4.78 is 28.4. The van der Waals surface area contributed by atoms with E-state index in [-0.39, 0.29) is 17.0 Å². The van der Waals surface area contributed by atoms with Gasteiger partial charge in [0.2, 0.25) is 0 Å². The Hall–Kier alpha value is 0.0600. The first-order valence-electron chi connectivity index (χ1n) is 3.00. The zero-order valence-electron chi connectivity index (χ0n) is 6.36. The molecule has 2 nitrogen and oxygen atoms in total. The van der Waals surface area contributed by atoms with Crippen molar-refractivity contribution in [3.05, 3.63) is 0 Å². The van der Waals surface area contributed by atoms with Gasteiger partial charge in [-0.1, -0.05) is 0 Å². The van der Waals surface area contributed by atoms with Gasteiger partial charge in [0.05, 0.1) is 0 Å². The fraction of sp³-hybridized carbons (Fsp3) is 0.833. The predicted octanol–water partition coefficient (Wildman–Crippen LogP) is -1.11. The quantitative estimate of drug-likeness (QED) is 0.370. The second-order valence-electron chi connectivity index (χ2n) is 2.10. The topological polar surface area (TPSA) is 26.3 Å². The SMILES string of the molecule is C[I-]C(=O)OCCC(C)(F)F. The molecule has 0 unspecified atom stereocenters. The van der Waals surface area contributed by atoms with Crippen LogP contribution in [0.2, 0.25) is 0 Å². The van der Waals surface area contributed by atoms with E-state index in [1.165, 1.54) is 0 Å². The van der Waals surface area contributed by atoms with E-state index in [0.717, 1.165) is 6.92 Å². The third-order valence-electron chi connectivity index (χ3n) is 0.911. The first-order valence-corrected chi connectivity index (χ1v) is 6.23. The molecule has 0 aromatic rings. The van der Waals surface area contributed by atoms with Crippen LogP contribution in [-0.4, -0.2) is 21.4 Å². The fourth-order valence-electron chi connectivity index (χ4n) is 0.365. The van der Waals surface area contributed by atoms with Crippen LogP contribution in [0.3, 0.4) is 0 Å². The van der Waals surface area contributed by atoms with Crippen LogP contribution >= 0.6 is 0 Å². The van der Waals surface area contributed by atoms with E-state index in [0.29, 0.717) is 0 Å². The van der Waals surface area contributed by atoms with Gasteiger partial charge in [0, 0.05) is 0 Å². The minimum atomic E-state index is -2.73. The molecule has 0 radical (unpaired) electrons. The second kappa shape index (κ2) is 4.84. The summed E-state index contributed by atoms with van der Waals surface area (Å²) in [7, 11) is 0. The number of hydrogen-bond donors (Lipinski definition) is 0. The van der Waals surface area contributed by atoms with E-state index in [9.17, 15) is 13.6 Å². The van der Waals surface area contributed by atoms with Crippen LogP contribution < -0.4 is 21.2 Å². The Morgan fingerprint density at radius 1 is 1.64 bits per heavy atom. The molecule has 0 aromatic heterocycles. The summed E-state index contributed by atoms with van der Waals surface area (Å²) >= 11 is -0.611. The summed E-state index contributed by atoms with van der Waals surface area (Å²) in [6.07, 6.45) is -0.386. The van der Waals surface area contributed by atoms with Crippen molar-refractivity contribution in [2.75, 3.05) is 11.5 Å². The molecule has 0 saturated carbocycles. The van der Waals surface area contributed by atoms with Crippen LogP contribution in [-0.2, 0) is 4.74 Å². The molecule has 0 atom stereocenters. The molecule has 0 rings (SSSR count). The van der Waals surface area contributed by atoms with Crippen molar-refractivity contribution in [2.24, 2.45) is 0 Å². The van der Waals surface area contributed by atoms with Gasteiger partial charge in [-0.05, 0) is 0 Å². The van der Waals surface area contributed by atoms with E-state index in [4.69, 9.17) is 0 Å². The third-order valence-corrected chi connectivity index (χ3v) is 2.10. The average molecular weight is 279 g/mol. The Kier molecular flexibility index (Phi) is 4.87. The molecule has 0 aliphatic rings. The average Bonchev–Trinajstić information content (AvgIpc) is 1.85.